The van der Waals surface area contributed by atoms with E-state index >= 15 is 0 Å². The van der Waals surface area contributed by atoms with Crippen LogP contribution in [0.4, 0.5) is 4.39 Å². The van der Waals surface area contributed by atoms with Crippen LogP contribution in [-0.4, -0.2) is 49.7 Å². The Bertz CT molecular complexity index is 660. The van der Waals surface area contributed by atoms with Crippen molar-refractivity contribution in [2.45, 2.75) is 51.5 Å². The molecule has 0 aromatic heterocycles. The molecule has 2 aliphatic heterocycles. The van der Waals surface area contributed by atoms with Gasteiger partial charge in [0.2, 0.25) is 0 Å². The molecular formula is C21H32FN3O. The van der Waals surface area contributed by atoms with Crippen molar-refractivity contribution in [2.75, 3.05) is 33.4 Å². The molecule has 0 bridgehead atoms. The molecule has 26 heavy (non-hydrogen) atoms. The van der Waals surface area contributed by atoms with Crippen LogP contribution >= 0.6 is 0 Å². The topological polar surface area (TPSA) is 36.9 Å². The third kappa shape index (κ3) is 3.22. The number of nitrogens with zero attached hydrogens (tertiary/aromatic N) is 2. The summed E-state index contributed by atoms with van der Waals surface area (Å²) in [5.74, 6) is 0.756. The number of benzene rings is 1. The number of ether oxygens (including phenoxy) is 1. The van der Waals surface area contributed by atoms with Crippen molar-refractivity contribution in [3.05, 3.63) is 35.6 Å². The highest BCUT2D eigenvalue weighted by Crippen LogP contribution is 2.46. The Hall–Kier alpha value is -1.62. The summed E-state index contributed by atoms with van der Waals surface area (Å²) in [6.45, 7) is 12.4. The lowest BCUT2D eigenvalue weighted by Gasteiger charge is -2.62. The molecule has 0 radical (unpaired) electrons. The molecule has 0 saturated carbocycles. The molecular weight excluding hydrogens is 329 g/mol. The van der Waals surface area contributed by atoms with Gasteiger partial charge in [0.1, 0.15) is 5.82 Å². The molecule has 144 valence electrons. The SMILES string of the molecule is CN=C(NCC1(c2ccc(F)cc2)CCOCC1)N1CC(C)(C)C1(C)C. The molecule has 0 amide bonds. The van der Waals surface area contributed by atoms with Crippen molar-refractivity contribution in [2.24, 2.45) is 10.4 Å². The summed E-state index contributed by atoms with van der Waals surface area (Å²) in [4.78, 5) is 6.89. The number of aliphatic imine (C=N–C) groups is 1. The number of likely N-dealkylation sites (tertiary alicyclic amines) is 1. The average molecular weight is 362 g/mol. The number of rotatable bonds is 3. The maximum Gasteiger partial charge on any atom is 0.194 e. The first-order valence-electron chi connectivity index (χ1n) is 9.54. The third-order valence-corrected chi connectivity index (χ3v) is 6.84. The van der Waals surface area contributed by atoms with E-state index in [1.807, 2.05) is 19.2 Å². The Morgan fingerprint density at radius 1 is 1.15 bits per heavy atom. The normalized spacial score (nSPS) is 24.1. The molecule has 5 heteroatoms. The Morgan fingerprint density at radius 3 is 2.27 bits per heavy atom. The minimum Gasteiger partial charge on any atom is -0.381 e. The first kappa shape index (κ1) is 19.2. The lowest BCUT2D eigenvalue weighted by molar-refractivity contribution is -0.0671. The number of halogens is 1. The number of hydrogen-bond acceptors (Lipinski definition) is 2. The van der Waals surface area contributed by atoms with E-state index in [0.717, 1.165) is 45.1 Å². The first-order valence-corrected chi connectivity index (χ1v) is 9.54. The van der Waals surface area contributed by atoms with Gasteiger partial charge in [0.15, 0.2) is 5.96 Å². The zero-order valence-electron chi connectivity index (χ0n) is 16.7. The molecule has 2 saturated heterocycles. The van der Waals surface area contributed by atoms with Crippen LogP contribution in [0.1, 0.15) is 46.1 Å². The fourth-order valence-electron chi connectivity index (χ4n) is 4.08. The van der Waals surface area contributed by atoms with Crippen LogP contribution < -0.4 is 5.32 Å². The van der Waals surface area contributed by atoms with Crippen LogP contribution in [0, 0.1) is 11.2 Å². The van der Waals surface area contributed by atoms with Crippen molar-refractivity contribution in [1.82, 2.24) is 10.2 Å². The van der Waals surface area contributed by atoms with Gasteiger partial charge in [-0.25, -0.2) is 4.39 Å². The quantitative estimate of drug-likeness (QED) is 0.661. The summed E-state index contributed by atoms with van der Waals surface area (Å²) < 4.78 is 19.0. The van der Waals surface area contributed by atoms with Gasteiger partial charge in [-0.05, 0) is 44.4 Å². The second kappa shape index (κ2) is 6.84. The lowest BCUT2D eigenvalue weighted by atomic mass is 9.65. The van der Waals surface area contributed by atoms with Gasteiger partial charge in [0.25, 0.3) is 0 Å². The van der Waals surface area contributed by atoms with Gasteiger partial charge < -0.3 is 15.0 Å². The van der Waals surface area contributed by atoms with E-state index in [0.29, 0.717) is 0 Å². The van der Waals surface area contributed by atoms with E-state index in [1.54, 1.807) is 12.1 Å². The minimum absolute atomic E-state index is 0.0492. The monoisotopic (exact) mass is 361 g/mol. The molecule has 0 aliphatic carbocycles. The predicted molar refractivity (Wildman–Crippen MR) is 104 cm³/mol. The van der Waals surface area contributed by atoms with Gasteiger partial charge in [-0.3, -0.25) is 4.99 Å². The van der Waals surface area contributed by atoms with Gasteiger partial charge in [0, 0.05) is 49.7 Å². The average Bonchev–Trinajstić information content (AvgIpc) is 2.62. The predicted octanol–water partition coefficient (Wildman–Crippen LogP) is 3.57. The molecule has 0 spiro atoms. The lowest BCUT2D eigenvalue weighted by Crippen LogP contribution is -2.72. The molecule has 4 nitrogen and oxygen atoms in total. The zero-order chi connectivity index (χ0) is 19.0. The fraction of sp³-hybridized carbons (Fsp3) is 0.667. The van der Waals surface area contributed by atoms with E-state index in [-0.39, 0.29) is 22.2 Å². The van der Waals surface area contributed by atoms with E-state index < -0.39 is 0 Å². The van der Waals surface area contributed by atoms with Crippen LogP contribution in [0.5, 0.6) is 0 Å². The highest BCUT2D eigenvalue weighted by Gasteiger charge is 2.53. The molecule has 1 aromatic carbocycles. The zero-order valence-corrected chi connectivity index (χ0v) is 16.7. The van der Waals surface area contributed by atoms with Gasteiger partial charge >= 0.3 is 0 Å². The second-order valence-electron chi connectivity index (χ2n) is 8.83. The maximum absolute atomic E-state index is 13.4. The number of hydrogen-bond donors (Lipinski definition) is 1. The largest absolute Gasteiger partial charge is 0.381 e. The maximum atomic E-state index is 13.4. The molecule has 1 aromatic rings. The fourth-order valence-corrected chi connectivity index (χ4v) is 4.08. The molecule has 2 heterocycles. The molecule has 0 unspecified atom stereocenters. The van der Waals surface area contributed by atoms with Crippen molar-refractivity contribution >= 4 is 5.96 Å². The summed E-state index contributed by atoms with van der Waals surface area (Å²) in [7, 11) is 1.85. The summed E-state index contributed by atoms with van der Waals surface area (Å²) in [6.07, 6.45) is 1.86. The van der Waals surface area contributed by atoms with Crippen LogP contribution in [0.15, 0.2) is 29.3 Å². The van der Waals surface area contributed by atoms with Crippen LogP contribution in [0.25, 0.3) is 0 Å². The summed E-state index contributed by atoms with van der Waals surface area (Å²) >= 11 is 0. The molecule has 2 aliphatic rings. The highest BCUT2D eigenvalue weighted by atomic mass is 19.1. The van der Waals surface area contributed by atoms with E-state index in [4.69, 9.17) is 4.74 Å². The van der Waals surface area contributed by atoms with Gasteiger partial charge in [-0.15, -0.1) is 0 Å². The Labute approximate surface area is 156 Å². The Balaban J connectivity index is 1.77. The third-order valence-electron chi connectivity index (χ3n) is 6.84. The Morgan fingerprint density at radius 2 is 1.77 bits per heavy atom. The summed E-state index contributed by atoms with van der Waals surface area (Å²) in [5.41, 5.74) is 1.45. The molecule has 2 fully saturated rings. The van der Waals surface area contributed by atoms with Gasteiger partial charge in [-0.2, -0.15) is 0 Å². The number of nitrogens with one attached hydrogen (secondary N) is 1. The summed E-state index contributed by atoms with van der Waals surface area (Å²) in [5, 5.41) is 3.62. The summed E-state index contributed by atoms with van der Waals surface area (Å²) in [6, 6.07) is 6.95. The number of guanidine groups is 1. The van der Waals surface area contributed by atoms with E-state index in [9.17, 15) is 4.39 Å². The van der Waals surface area contributed by atoms with Gasteiger partial charge in [-0.1, -0.05) is 26.0 Å². The van der Waals surface area contributed by atoms with Crippen molar-refractivity contribution in [1.29, 1.82) is 0 Å². The van der Waals surface area contributed by atoms with Crippen LogP contribution in [0.3, 0.4) is 0 Å². The minimum atomic E-state index is -0.190. The Kier molecular flexibility index (Phi) is 5.04. The molecule has 3 rings (SSSR count). The van der Waals surface area contributed by atoms with Crippen molar-refractivity contribution < 1.29 is 9.13 Å². The molecule has 0 atom stereocenters. The van der Waals surface area contributed by atoms with Crippen molar-refractivity contribution in [3.63, 3.8) is 0 Å². The van der Waals surface area contributed by atoms with Crippen LogP contribution in [0.2, 0.25) is 0 Å². The highest BCUT2D eigenvalue weighted by molar-refractivity contribution is 5.82. The van der Waals surface area contributed by atoms with Gasteiger partial charge in [0.05, 0.1) is 0 Å². The molecule has 1 N–H and O–H groups in total. The standard InChI is InChI=1S/C21H32FN3O/c1-19(2)15-25(20(19,3)4)18(23-5)24-14-21(10-12-26-13-11-21)16-6-8-17(22)9-7-16/h6-9H,10-15H2,1-5H3,(H,23,24). The van der Waals surface area contributed by atoms with Crippen LogP contribution in [-0.2, 0) is 10.2 Å². The first-order chi connectivity index (χ1) is 12.2. The van der Waals surface area contributed by atoms with E-state index in [1.165, 1.54) is 5.56 Å². The second-order valence-corrected chi connectivity index (χ2v) is 8.83. The van der Waals surface area contributed by atoms with E-state index in [2.05, 4.69) is 42.9 Å². The van der Waals surface area contributed by atoms with Crippen molar-refractivity contribution in [3.8, 4) is 0 Å². The smallest absolute Gasteiger partial charge is 0.194 e.